The van der Waals surface area contributed by atoms with Crippen molar-refractivity contribution in [3.63, 3.8) is 0 Å². The quantitative estimate of drug-likeness (QED) is 0.793. The molecule has 3 heterocycles. The minimum atomic E-state index is 0.380. The molecule has 0 N–H and O–H groups in total. The van der Waals surface area contributed by atoms with E-state index in [9.17, 15) is 0 Å². The summed E-state index contributed by atoms with van der Waals surface area (Å²) in [6, 6.07) is 0.730. The number of likely N-dealkylation sites (tertiary alicyclic amines) is 1. The largest absolute Gasteiger partial charge is 0.377 e. The van der Waals surface area contributed by atoms with Crippen LogP contribution in [0.25, 0.3) is 0 Å². The summed E-state index contributed by atoms with van der Waals surface area (Å²) < 4.78 is 11.8. The Morgan fingerprint density at radius 3 is 2.48 bits per heavy atom. The van der Waals surface area contributed by atoms with Gasteiger partial charge in [0.1, 0.15) is 0 Å². The van der Waals surface area contributed by atoms with Crippen LogP contribution in [0.3, 0.4) is 0 Å². The SMILES string of the molecule is C[C@@H]1CN(C[C@@H]2CCCN2C[C@H]2CCCCO2)C[C@@H](C)O1. The number of morpholine rings is 1. The minimum Gasteiger partial charge on any atom is -0.377 e. The highest BCUT2D eigenvalue weighted by molar-refractivity contribution is 4.86. The molecule has 0 radical (unpaired) electrons. The maximum atomic E-state index is 5.94. The first-order valence-corrected chi connectivity index (χ1v) is 8.94. The van der Waals surface area contributed by atoms with E-state index in [4.69, 9.17) is 9.47 Å². The molecule has 0 bridgehead atoms. The molecule has 3 rings (SSSR count). The Morgan fingerprint density at radius 2 is 1.76 bits per heavy atom. The molecule has 4 heteroatoms. The zero-order valence-electron chi connectivity index (χ0n) is 13.8. The van der Waals surface area contributed by atoms with Crippen LogP contribution in [-0.4, -0.2) is 73.5 Å². The van der Waals surface area contributed by atoms with Crippen LogP contribution in [0.15, 0.2) is 0 Å². The van der Waals surface area contributed by atoms with E-state index in [1.165, 1.54) is 45.2 Å². The summed E-state index contributed by atoms with van der Waals surface area (Å²) in [7, 11) is 0. The van der Waals surface area contributed by atoms with Crippen molar-refractivity contribution >= 4 is 0 Å². The molecule has 4 nitrogen and oxygen atoms in total. The third-order valence-electron chi connectivity index (χ3n) is 5.18. The Kier molecular flexibility index (Phi) is 5.54. The van der Waals surface area contributed by atoms with E-state index < -0.39 is 0 Å². The summed E-state index contributed by atoms with van der Waals surface area (Å²) >= 11 is 0. The van der Waals surface area contributed by atoms with E-state index in [0.717, 1.165) is 32.3 Å². The third-order valence-corrected chi connectivity index (χ3v) is 5.18. The van der Waals surface area contributed by atoms with Gasteiger partial charge in [-0.05, 0) is 52.5 Å². The van der Waals surface area contributed by atoms with Gasteiger partial charge >= 0.3 is 0 Å². The van der Waals surface area contributed by atoms with Gasteiger partial charge in [-0.2, -0.15) is 0 Å². The highest BCUT2D eigenvalue weighted by Crippen LogP contribution is 2.23. The van der Waals surface area contributed by atoms with E-state index in [-0.39, 0.29) is 0 Å². The maximum absolute atomic E-state index is 5.94. The predicted molar refractivity (Wildman–Crippen MR) is 84.6 cm³/mol. The molecule has 0 aromatic carbocycles. The fourth-order valence-corrected chi connectivity index (χ4v) is 4.29. The number of ether oxygens (including phenoxy) is 2. The average molecular weight is 296 g/mol. The van der Waals surface area contributed by atoms with Crippen LogP contribution >= 0.6 is 0 Å². The molecule has 3 fully saturated rings. The second-order valence-corrected chi connectivity index (χ2v) is 7.26. The Balaban J connectivity index is 1.49. The second kappa shape index (κ2) is 7.40. The molecule has 3 aliphatic rings. The molecule has 3 aliphatic heterocycles. The van der Waals surface area contributed by atoms with E-state index in [0.29, 0.717) is 18.3 Å². The highest BCUT2D eigenvalue weighted by Gasteiger charge is 2.31. The maximum Gasteiger partial charge on any atom is 0.0702 e. The van der Waals surface area contributed by atoms with Crippen molar-refractivity contribution in [2.75, 3.05) is 39.3 Å². The average Bonchev–Trinajstić information content (AvgIpc) is 2.86. The van der Waals surface area contributed by atoms with Gasteiger partial charge in [0.2, 0.25) is 0 Å². The van der Waals surface area contributed by atoms with Gasteiger partial charge in [0.15, 0.2) is 0 Å². The van der Waals surface area contributed by atoms with Gasteiger partial charge in [0.05, 0.1) is 18.3 Å². The van der Waals surface area contributed by atoms with Crippen LogP contribution in [0.2, 0.25) is 0 Å². The van der Waals surface area contributed by atoms with Gasteiger partial charge in [0, 0.05) is 38.8 Å². The van der Waals surface area contributed by atoms with E-state index in [1.807, 2.05) is 0 Å². The molecule has 4 atom stereocenters. The van der Waals surface area contributed by atoms with Crippen molar-refractivity contribution < 1.29 is 9.47 Å². The van der Waals surface area contributed by atoms with E-state index in [2.05, 4.69) is 23.6 Å². The number of hydrogen-bond donors (Lipinski definition) is 0. The van der Waals surface area contributed by atoms with Crippen molar-refractivity contribution in [3.8, 4) is 0 Å². The van der Waals surface area contributed by atoms with Crippen LogP contribution < -0.4 is 0 Å². The molecule has 0 spiro atoms. The Labute approximate surface area is 129 Å². The predicted octanol–water partition coefficient (Wildman–Crippen LogP) is 2.13. The fraction of sp³-hybridized carbons (Fsp3) is 1.00. The molecule has 0 saturated carbocycles. The monoisotopic (exact) mass is 296 g/mol. The summed E-state index contributed by atoms with van der Waals surface area (Å²) in [6.45, 7) is 11.2. The standard InChI is InChI=1S/C17H32N2O2/c1-14-10-18(11-15(2)21-14)12-16-6-5-8-19(16)13-17-7-3-4-9-20-17/h14-17H,3-13H2,1-2H3/t14-,15-,16+,17-/m1/s1. The Hall–Kier alpha value is -0.160. The smallest absolute Gasteiger partial charge is 0.0702 e. The molecule has 21 heavy (non-hydrogen) atoms. The molecule has 0 aliphatic carbocycles. The topological polar surface area (TPSA) is 24.9 Å². The van der Waals surface area contributed by atoms with Crippen molar-refractivity contribution in [2.45, 2.75) is 70.3 Å². The van der Waals surface area contributed by atoms with Crippen LogP contribution in [0, 0.1) is 0 Å². The summed E-state index contributed by atoms with van der Waals surface area (Å²) in [5, 5.41) is 0. The lowest BCUT2D eigenvalue weighted by molar-refractivity contribution is -0.0742. The first kappa shape index (κ1) is 15.7. The lowest BCUT2D eigenvalue weighted by Gasteiger charge is -2.39. The lowest BCUT2D eigenvalue weighted by Crippen LogP contribution is -2.51. The highest BCUT2D eigenvalue weighted by atomic mass is 16.5. The van der Waals surface area contributed by atoms with Crippen LogP contribution in [0.5, 0.6) is 0 Å². The van der Waals surface area contributed by atoms with Gasteiger partial charge in [-0.3, -0.25) is 9.80 Å². The first-order chi connectivity index (χ1) is 10.2. The van der Waals surface area contributed by atoms with Gasteiger partial charge in [-0.25, -0.2) is 0 Å². The third kappa shape index (κ3) is 4.41. The van der Waals surface area contributed by atoms with Crippen molar-refractivity contribution in [1.29, 1.82) is 0 Å². The number of rotatable bonds is 4. The van der Waals surface area contributed by atoms with E-state index >= 15 is 0 Å². The van der Waals surface area contributed by atoms with Crippen molar-refractivity contribution in [1.82, 2.24) is 9.80 Å². The summed E-state index contributed by atoms with van der Waals surface area (Å²) in [4.78, 5) is 5.31. The molecule has 0 amide bonds. The molecule has 0 aromatic rings. The van der Waals surface area contributed by atoms with Crippen LogP contribution in [0.4, 0.5) is 0 Å². The van der Waals surface area contributed by atoms with Gasteiger partial charge in [0.25, 0.3) is 0 Å². The zero-order valence-corrected chi connectivity index (χ0v) is 13.8. The summed E-state index contributed by atoms with van der Waals surface area (Å²) in [5.41, 5.74) is 0. The molecular formula is C17H32N2O2. The Morgan fingerprint density at radius 1 is 0.952 bits per heavy atom. The molecule has 0 unspecified atom stereocenters. The molecule has 0 aromatic heterocycles. The second-order valence-electron chi connectivity index (χ2n) is 7.26. The van der Waals surface area contributed by atoms with Gasteiger partial charge in [-0.1, -0.05) is 0 Å². The first-order valence-electron chi connectivity index (χ1n) is 8.94. The van der Waals surface area contributed by atoms with Crippen LogP contribution in [0.1, 0.15) is 46.0 Å². The van der Waals surface area contributed by atoms with Crippen LogP contribution in [-0.2, 0) is 9.47 Å². The van der Waals surface area contributed by atoms with E-state index in [1.54, 1.807) is 0 Å². The van der Waals surface area contributed by atoms with Gasteiger partial charge < -0.3 is 9.47 Å². The normalized spacial score (nSPS) is 39.7. The Bertz CT molecular complexity index is 310. The summed E-state index contributed by atoms with van der Waals surface area (Å²) in [6.07, 6.45) is 7.82. The number of nitrogens with zero attached hydrogens (tertiary/aromatic N) is 2. The van der Waals surface area contributed by atoms with Gasteiger partial charge in [-0.15, -0.1) is 0 Å². The summed E-state index contributed by atoms with van der Waals surface area (Å²) in [5.74, 6) is 0. The fourth-order valence-electron chi connectivity index (χ4n) is 4.29. The molecule has 122 valence electrons. The minimum absolute atomic E-state index is 0.380. The lowest BCUT2D eigenvalue weighted by atomic mass is 10.1. The number of hydrogen-bond acceptors (Lipinski definition) is 4. The van der Waals surface area contributed by atoms with Crippen molar-refractivity contribution in [2.24, 2.45) is 0 Å². The zero-order chi connectivity index (χ0) is 14.7. The molecule has 3 saturated heterocycles. The van der Waals surface area contributed by atoms with Crippen molar-refractivity contribution in [3.05, 3.63) is 0 Å². The molecular weight excluding hydrogens is 264 g/mol.